The maximum absolute atomic E-state index is 12.5. The van der Waals surface area contributed by atoms with Crippen molar-refractivity contribution in [2.75, 3.05) is 18.0 Å². The highest BCUT2D eigenvalue weighted by molar-refractivity contribution is 6.33. The van der Waals surface area contributed by atoms with Crippen LogP contribution in [0, 0.1) is 0 Å². The Bertz CT molecular complexity index is 460. The van der Waals surface area contributed by atoms with Crippen molar-refractivity contribution in [3.05, 3.63) is 28.8 Å². The minimum absolute atomic E-state index is 0.158. The molecule has 2 nitrogen and oxygen atoms in total. The van der Waals surface area contributed by atoms with Crippen molar-refractivity contribution in [2.24, 2.45) is 0 Å². The molecule has 0 saturated heterocycles. The van der Waals surface area contributed by atoms with E-state index in [1.807, 2.05) is 0 Å². The third-order valence-electron chi connectivity index (χ3n) is 2.56. The molecule has 0 atom stereocenters. The van der Waals surface area contributed by atoms with Gasteiger partial charge in [-0.1, -0.05) is 18.5 Å². The minimum Gasteiger partial charge on any atom is -0.361 e. The van der Waals surface area contributed by atoms with Crippen LogP contribution < -0.4 is 4.90 Å². The zero-order chi connectivity index (χ0) is 14.6. The molecule has 106 valence electrons. The smallest absolute Gasteiger partial charge is 0.361 e. The summed E-state index contributed by atoms with van der Waals surface area (Å²) in [6.07, 6.45) is -3.72. The van der Waals surface area contributed by atoms with Crippen LogP contribution in [0.1, 0.15) is 30.6 Å². The van der Waals surface area contributed by atoms with Gasteiger partial charge in [0.1, 0.15) is 6.54 Å². The van der Waals surface area contributed by atoms with E-state index < -0.39 is 12.7 Å². The lowest BCUT2D eigenvalue weighted by Crippen LogP contribution is -2.35. The van der Waals surface area contributed by atoms with E-state index in [-0.39, 0.29) is 17.4 Å². The molecule has 6 heteroatoms. The first kappa shape index (κ1) is 15.8. The summed E-state index contributed by atoms with van der Waals surface area (Å²) in [6.45, 7) is 2.37. The molecule has 0 aromatic heterocycles. The molecule has 0 aliphatic carbocycles. The van der Waals surface area contributed by atoms with Crippen molar-refractivity contribution in [1.82, 2.24) is 0 Å². The van der Waals surface area contributed by atoms with Crippen molar-refractivity contribution < 1.29 is 18.0 Å². The molecule has 0 amide bonds. The van der Waals surface area contributed by atoms with Crippen LogP contribution in [-0.2, 0) is 0 Å². The lowest BCUT2D eigenvalue weighted by molar-refractivity contribution is -0.119. The molecule has 0 heterocycles. The number of anilines is 1. The molecule has 0 fully saturated rings. The van der Waals surface area contributed by atoms with Gasteiger partial charge in [0.15, 0.2) is 5.78 Å². The summed E-state index contributed by atoms with van der Waals surface area (Å²) in [7, 11) is 0. The Morgan fingerprint density at radius 3 is 2.42 bits per heavy atom. The molecule has 0 unspecified atom stereocenters. The van der Waals surface area contributed by atoms with Gasteiger partial charge in [-0.3, -0.25) is 4.79 Å². The summed E-state index contributed by atoms with van der Waals surface area (Å²) in [5, 5.41) is 0.158. The van der Waals surface area contributed by atoms with E-state index in [1.165, 1.54) is 30.0 Å². The maximum Gasteiger partial charge on any atom is 0.405 e. The number of rotatable bonds is 5. The van der Waals surface area contributed by atoms with Gasteiger partial charge in [-0.25, -0.2) is 0 Å². The predicted octanol–water partition coefficient (Wildman–Crippen LogP) is 4.32. The van der Waals surface area contributed by atoms with Gasteiger partial charge in [-0.15, -0.1) is 0 Å². The Balaban J connectivity index is 3.06. The number of ketones is 1. The van der Waals surface area contributed by atoms with Gasteiger partial charge in [-0.2, -0.15) is 13.2 Å². The lowest BCUT2D eigenvalue weighted by Gasteiger charge is -2.26. The normalized spacial score (nSPS) is 11.5. The van der Waals surface area contributed by atoms with E-state index in [2.05, 4.69) is 0 Å². The molecule has 0 aliphatic heterocycles. The molecule has 0 radical (unpaired) electrons. The number of hydrogen-bond acceptors (Lipinski definition) is 2. The number of benzene rings is 1. The van der Waals surface area contributed by atoms with E-state index in [4.69, 9.17) is 11.6 Å². The predicted molar refractivity (Wildman–Crippen MR) is 70.0 cm³/mol. The molecule has 0 N–H and O–H groups in total. The second-order valence-electron chi connectivity index (χ2n) is 4.26. The number of halogens is 4. The summed E-state index contributed by atoms with van der Waals surface area (Å²) < 4.78 is 37.5. The van der Waals surface area contributed by atoms with Gasteiger partial charge in [0, 0.05) is 12.1 Å². The highest BCUT2D eigenvalue weighted by Crippen LogP contribution is 2.30. The average Bonchev–Trinajstić information content (AvgIpc) is 2.26. The van der Waals surface area contributed by atoms with E-state index in [1.54, 1.807) is 6.92 Å². The monoisotopic (exact) mass is 293 g/mol. The highest BCUT2D eigenvalue weighted by Gasteiger charge is 2.31. The average molecular weight is 294 g/mol. The molecule has 0 saturated carbocycles. The van der Waals surface area contributed by atoms with Gasteiger partial charge >= 0.3 is 6.18 Å². The number of hydrogen-bond donors (Lipinski definition) is 0. The van der Waals surface area contributed by atoms with Gasteiger partial charge in [0.25, 0.3) is 0 Å². The van der Waals surface area contributed by atoms with Crippen LogP contribution in [0.15, 0.2) is 18.2 Å². The van der Waals surface area contributed by atoms with Crippen LogP contribution in [0.25, 0.3) is 0 Å². The van der Waals surface area contributed by atoms with Gasteiger partial charge in [-0.05, 0) is 31.5 Å². The summed E-state index contributed by atoms with van der Waals surface area (Å²) in [4.78, 5) is 12.4. The van der Waals surface area contributed by atoms with Gasteiger partial charge < -0.3 is 4.90 Å². The summed E-state index contributed by atoms with van der Waals surface area (Å²) in [6, 6.07) is 4.35. The fraction of sp³-hybridized carbons (Fsp3) is 0.462. The number of nitrogens with zero attached hydrogens (tertiary/aromatic N) is 1. The molecule has 0 spiro atoms. The van der Waals surface area contributed by atoms with Crippen molar-refractivity contribution in [2.45, 2.75) is 26.4 Å². The Morgan fingerprint density at radius 1 is 1.37 bits per heavy atom. The molecule has 0 aliphatic rings. The van der Waals surface area contributed by atoms with Gasteiger partial charge in [0.05, 0.1) is 10.7 Å². The number of carbonyl (C=O) groups is 1. The third kappa shape index (κ3) is 4.74. The lowest BCUT2D eigenvalue weighted by atomic mass is 10.1. The topological polar surface area (TPSA) is 20.3 Å². The van der Waals surface area contributed by atoms with Crippen molar-refractivity contribution in [1.29, 1.82) is 0 Å². The Labute approximate surface area is 115 Å². The molecular weight excluding hydrogens is 279 g/mol. The summed E-state index contributed by atoms with van der Waals surface area (Å²) in [5.41, 5.74) is 0.683. The van der Waals surface area contributed by atoms with Crippen LogP contribution in [-0.4, -0.2) is 25.0 Å². The van der Waals surface area contributed by atoms with Crippen LogP contribution in [0.5, 0.6) is 0 Å². The standard InChI is InChI=1S/C13H15ClF3NO/c1-3-6-18(8-13(15,16)17)12-5-4-10(9(2)19)7-11(12)14/h4-5,7H,3,6,8H2,1-2H3. The van der Waals surface area contributed by atoms with Crippen LogP contribution in [0.4, 0.5) is 18.9 Å². The number of carbonyl (C=O) groups excluding carboxylic acids is 1. The first-order chi connectivity index (χ1) is 8.74. The minimum atomic E-state index is -4.29. The fourth-order valence-corrected chi connectivity index (χ4v) is 2.05. The van der Waals surface area contributed by atoms with E-state index in [0.29, 0.717) is 17.7 Å². The quantitative estimate of drug-likeness (QED) is 0.754. The molecule has 19 heavy (non-hydrogen) atoms. The molecule has 1 aromatic rings. The van der Waals surface area contributed by atoms with E-state index >= 15 is 0 Å². The SMILES string of the molecule is CCCN(CC(F)(F)F)c1ccc(C(C)=O)cc1Cl. The van der Waals surface area contributed by atoms with Crippen LogP contribution in [0.3, 0.4) is 0 Å². The van der Waals surface area contributed by atoms with E-state index in [9.17, 15) is 18.0 Å². The summed E-state index contributed by atoms with van der Waals surface area (Å²) in [5.74, 6) is -0.175. The van der Waals surface area contributed by atoms with E-state index in [0.717, 1.165) is 0 Å². The highest BCUT2D eigenvalue weighted by atomic mass is 35.5. The fourth-order valence-electron chi connectivity index (χ4n) is 1.75. The zero-order valence-corrected chi connectivity index (χ0v) is 11.5. The van der Waals surface area contributed by atoms with Gasteiger partial charge in [0.2, 0.25) is 0 Å². The van der Waals surface area contributed by atoms with Crippen LogP contribution in [0.2, 0.25) is 5.02 Å². The Kier molecular flexibility index (Phi) is 5.23. The number of alkyl halides is 3. The van der Waals surface area contributed by atoms with Crippen molar-refractivity contribution >= 4 is 23.1 Å². The van der Waals surface area contributed by atoms with Crippen molar-refractivity contribution in [3.63, 3.8) is 0 Å². The molecule has 1 rings (SSSR count). The maximum atomic E-state index is 12.5. The Morgan fingerprint density at radius 2 is 2.00 bits per heavy atom. The third-order valence-corrected chi connectivity index (χ3v) is 2.86. The molecule has 0 bridgehead atoms. The Hall–Kier alpha value is -1.23. The first-order valence-corrected chi connectivity index (χ1v) is 6.24. The zero-order valence-electron chi connectivity index (χ0n) is 10.7. The number of Topliss-reactive ketones (excluding diaryl/α,β-unsaturated/α-hetero) is 1. The second kappa shape index (κ2) is 6.28. The largest absolute Gasteiger partial charge is 0.405 e. The first-order valence-electron chi connectivity index (χ1n) is 5.86. The van der Waals surface area contributed by atoms with Crippen LogP contribution >= 0.6 is 11.6 Å². The second-order valence-corrected chi connectivity index (χ2v) is 4.67. The van der Waals surface area contributed by atoms with Crippen molar-refractivity contribution in [3.8, 4) is 0 Å². The summed E-state index contributed by atoms with van der Waals surface area (Å²) >= 11 is 5.97. The molecular formula is C13H15ClF3NO. The molecule has 1 aromatic carbocycles.